The first kappa shape index (κ1) is 19.1. The lowest BCUT2D eigenvalue weighted by Crippen LogP contribution is -2.07. The van der Waals surface area contributed by atoms with Gasteiger partial charge in [-0.15, -0.1) is 11.3 Å². The standard InChI is InChI=1S/C20H17BrN2O3S/c1-25-16-8-6-13(18(11-16)26-2)7-9-19(24)23-20-22-17(12-27-20)14-4-3-5-15(21)10-14/h3-12H,1-2H3,(H,22,23,24). The summed E-state index contributed by atoms with van der Waals surface area (Å²) in [6.07, 6.45) is 3.14. The van der Waals surface area contributed by atoms with E-state index in [1.807, 2.05) is 41.8 Å². The number of nitrogens with zero attached hydrogens (tertiary/aromatic N) is 1. The van der Waals surface area contributed by atoms with Gasteiger partial charge in [0.15, 0.2) is 5.13 Å². The van der Waals surface area contributed by atoms with Gasteiger partial charge in [-0.3, -0.25) is 10.1 Å². The molecule has 3 aromatic rings. The van der Waals surface area contributed by atoms with Gasteiger partial charge in [-0.2, -0.15) is 0 Å². The molecule has 3 rings (SSSR count). The highest BCUT2D eigenvalue weighted by atomic mass is 79.9. The van der Waals surface area contributed by atoms with E-state index in [4.69, 9.17) is 9.47 Å². The van der Waals surface area contributed by atoms with Gasteiger partial charge in [0.25, 0.3) is 0 Å². The average Bonchev–Trinajstić information content (AvgIpc) is 3.14. The van der Waals surface area contributed by atoms with Crippen LogP contribution in [0.1, 0.15) is 5.56 Å². The minimum atomic E-state index is -0.261. The second-order valence-corrected chi connectivity index (χ2v) is 7.25. The number of benzene rings is 2. The first-order chi connectivity index (χ1) is 13.1. The molecule has 0 aliphatic carbocycles. The van der Waals surface area contributed by atoms with Crippen molar-refractivity contribution >= 4 is 44.4 Å². The molecule has 138 valence electrons. The summed E-state index contributed by atoms with van der Waals surface area (Å²) in [7, 11) is 3.17. The van der Waals surface area contributed by atoms with Crippen LogP contribution >= 0.6 is 27.3 Å². The summed E-state index contributed by atoms with van der Waals surface area (Å²) in [5.74, 6) is 1.06. The van der Waals surface area contributed by atoms with Crippen molar-refractivity contribution in [3.8, 4) is 22.8 Å². The molecule has 1 amide bonds. The normalized spacial score (nSPS) is 10.8. The quantitative estimate of drug-likeness (QED) is 0.527. The molecule has 0 saturated heterocycles. The van der Waals surface area contributed by atoms with Crippen LogP contribution in [0, 0.1) is 0 Å². The van der Waals surface area contributed by atoms with Crippen molar-refractivity contribution in [1.82, 2.24) is 4.98 Å². The van der Waals surface area contributed by atoms with Crippen molar-refractivity contribution in [2.45, 2.75) is 0 Å². The topological polar surface area (TPSA) is 60.5 Å². The van der Waals surface area contributed by atoms with Crippen LogP contribution in [0.25, 0.3) is 17.3 Å². The molecule has 7 heteroatoms. The predicted molar refractivity (Wildman–Crippen MR) is 112 cm³/mol. The van der Waals surface area contributed by atoms with Gasteiger partial charge in [-0.25, -0.2) is 4.98 Å². The first-order valence-electron chi connectivity index (χ1n) is 8.01. The monoisotopic (exact) mass is 444 g/mol. The van der Waals surface area contributed by atoms with Crippen molar-refractivity contribution in [3.05, 3.63) is 64.0 Å². The number of ether oxygens (including phenoxy) is 2. The zero-order valence-electron chi connectivity index (χ0n) is 14.7. The molecule has 0 unspecified atom stereocenters. The van der Waals surface area contributed by atoms with Gasteiger partial charge in [0.05, 0.1) is 19.9 Å². The molecule has 0 radical (unpaired) electrons. The number of methoxy groups -OCH3 is 2. The van der Waals surface area contributed by atoms with Crippen LogP contribution < -0.4 is 14.8 Å². The summed E-state index contributed by atoms with van der Waals surface area (Å²) >= 11 is 4.83. The zero-order valence-corrected chi connectivity index (χ0v) is 17.1. The molecule has 2 aromatic carbocycles. The summed E-state index contributed by atoms with van der Waals surface area (Å²) in [4.78, 5) is 16.7. The number of carbonyl (C=O) groups excluding carboxylic acids is 1. The highest BCUT2D eigenvalue weighted by molar-refractivity contribution is 9.10. The number of thiazole rings is 1. The van der Waals surface area contributed by atoms with E-state index < -0.39 is 0 Å². The Morgan fingerprint density at radius 1 is 1.19 bits per heavy atom. The molecule has 0 aliphatic rings. The molecule has 27 heavy (non-hydrogen) atoms. The molecule has 1 N–H and O–H groups in total. The smallest absolute Gasteiger partial charge is 0.250 e. The van der Waals surface area contributed by atoms with Gasteiger partial charge in [0, 0.05) is 33.1 Å². The van der Waals surface area contributed by atoms with E-state index in [-0.39, 0.29) is 5.91 Å². The molecular formula is C20H17BrN2O3S. The maximum absolute atomic E-state index is 12.2. The van der Waals surface area contributed by atoms with E-state index in [2.05, 4.69) is 26.2 Å². The molecule has 0 saturated carbocycles. The van der Waals surface area contributed by atoms with Crippen LogP contribution in [-0.2, 0) is 4.79 Å². The number of hydrogen-bond donors (Lipinski definition) is 1. The van der Waals surface area contributed by atoms with Crippen LogP contribution in [0.3, 0.4) is 0 Å². The Hall–Kier alpha value is -2.64. The van der Waals surface area contributed by atoms with Gasteiger partial charge >= 0.3 is 0 Å². The number of hydrogen-bond acceptors (Lipinski definition) is 5. The Labute approximate surface area is 169 Å². The molecule has 5 nitrogen and oxygen atoms in total. The minimum Gasteiger partial charge on any atom is -0.497 e. The summed E-state index contributed by atoms with van der Waals surface area (Å²) in [6.45, 7) is 0. The van der Waals surface area contributed by atoms with Gasteiger partial charge in [0.1, 0.15) is 11.5 Å². The molecule has 0 aliphatic heterocycles. The fourth-order valence-electron chi connectivity index (χ4n) is 2.38. The molecule has 0 atom stereocenters. The summed E-state index contributed by atoms with van der Waals surface area (Å²) < 4.78 is 11.5. The zero-order chi connectivity index (χ0) is 19.2. The fourth-order valence-corrected chi connectivity index (χ4v) is 3.50. The Morgan fingerprint density at radius 3 is 2.78 bits per heavy atom. The fraction of sp³-hybridized carbons (Fsp3) is 0.100. The van der Waals surface area contributed by atoms with Crippen molar-refractivity contribution in [3.63, 3.8) is 0 Å². The Bertz CT molecular complexity index is 985. The number of nitrogens with one attached hydrogen (secondary N) is 1. The summed E-state index contributed by atoms with van der Waals surface area (Å²) in [5, 5.41) is 5.23. The van der Waals surface area contributed by atoms with Crippen LogP contribution in [-0.4, -0.2) is 25.1 Å². The maximum atomic E-state index is 12.2. The van der Waals surface area contributed by atoms with Crippen molar-refractivity contribution < 1.29 is 14.3 Å². The largest absolute Gasteiger partial charge is 0.497 e. The second-order valence-electron chi connectivity index (χ2n) is 5.48. The van der Waals surface area contributed by atoms with Gasteiger partial charge in [-0.05, 0) is 30.3 Å². The first-order valence-corrected chi connectivity index (χ1v) is 9.69. The minimum absolute atomic E-state index is 0.261. The predicted octanol–water partition coefficient (Wildman–Crippen LogP) is 5.24. The molecule has 0 bridgehead atoms. The number of anilines is 1. The highest BCUT2D eigenvalue weighted by Crippen LogP contribution is 2.27. The van der Waals surface area contributed by atoms with Crippen LogP contribution in [0.15, 0.2) is 58.4 Å². The maximum Gasteiger partial charge on any atom is 0.250 e. The molecular weight excluding hydrogens is 428 g/mol. The van der Waals surface area contributed by atoms with Gasteiger partial charge in [-0.1, -0.05) is 28.1 Å². The third-order valence-corrected chi connectivity index (χ3v) is 4.96. The highest BCUT2D eigenvalue weighted by Gasteiger charge is 2.08. The Morgan fingerprint density at radius 2 is 2.04 bits per heavy atom. The van der Waals surface area contributed by atoms with Gasteiger partial charge in [0.2, 0.25) is 5.91 Å². The van der Waals surface area contributed by atoms with Gasteiger partial charge < -0.3 is 9.47 Å². The molecule has 0 fully saturated rings. The number of aromatic nitrogens is 1. The third kappa shape index (κ3) is 4.96. The van der Waals surface area contributed by atoms with Crippen LogP contribution in [0.4, 0.5) is 5.13 Å². The lowest BCUT2D eigenvalue weighted by Gasteiger charge is -2.07. The van der Waals surface area contributed by atoms with E-state index in [0.717, 1.165) is 21.3 Å². The van der Waals surface area contributed by atoms with Crippen molar-refractivity contribution in [1.29, 1.82) is 0 Å². The van der Waals surface area contributed by atoms with E-state index in [1.54, 1.807) is 26.4 Å². The number of amides is 1. The third-order valence-electron chi connectivity index (χ3n) is 3.71. The van der Waals surface area contributed by atoms with Crippen molar-refractivity contribution in [2.24, 2.45) is 0 Å². The SMILES string of the molecule is COc1ccc(C=CC(=O)Nc2nc(-c3cccc(Br)c3)cs2)c(OC)c1. The van der Waals surface area contributed by atoms with Crippen LogP contribution in [0.2, 0.25) is 0 Å². The van der Waals surface area contributed by atoms with E-state index in [0.29, 0.717) is 16.6 Å². The number of halogens is 1. The molecule has 0 spiro atoms. The lowest BCUT2D eigenvalue weighted by molar-refractivity contribution is -0.111. The summed E-state index contributed by atoms with van der Waals surface area (Å²) in [6, 6.07) is 13.3. The number of carbonyl (C=O) groups is 1. The van der Waals surface area contributed by atoms with Crippen molar-refractivity contribution in [2.75, 3.05) is 19.5 Å². The Balaban J connectivity index is 1.69. The van der Waals surface area contributed by atoms with E-state index >= 15 is 0 Å². The lowest BCUT2D eigenvalue weighted by atomic mass is 10.1. The summed E-state index contributed by atoms with van der Waals surface area (Å²) in [5.41, 5.74) is 2.58. The number of rotatable bonds is 6. The van der Waals surface area contributed by atoms with E-state index in [9.17, 15) is 4.79 Å². The molecule has 1 aromatic heterocycles. The van der Waals surface area contributed by atoms with Crippen LogP contribution in [0.5, 0.6) is 11.5 Å². The Kier molecular flexibility index (Phi) is 6.26. The molecule has 1 heterocycles. The average molecular weight is 445 g/mol. The second kappa shape index (κ2) is 8.83. The van der Waals surface area contributed by atoms with E-state index in [1.165, 1.54) is 17.4 Å².